The van der Waals surface area contributed by atoms with Crippen molar-refractivity contribution in [3.05, 3.63) is 47.5 Å². The van der Waals surface area contributed by atoms with E-state index in [2.05, 4.69) is 49.6 Å². The van der Waals surface area contributed by atoms with E-state index in [1.54, 1.807) is 0 Å². The maximum absolute atomic E-state index is 6.15. The van der Waals surface area contributed by atoms with Crippen LogP contribution in [0.25, 0.3) is 0 Å². The Kier molecular flexibility index (Phi) is 4.15. The van der Waals surface area contributed by atoms with E-state index in [-0.39, 0.29) is 18.4 Å². The molecular formula is C20H22N2O3S. The van der Waals surface area contributed by atoms with Crippen LogP contribution in [0.4, 0.5) is 5.69 Å². The van der Waals surface area contributed by atoms with E-state index in [4.69, 9.17) is 26.4 Å². The van der Waals surface area contributed by atoms with Crippen molar-refractivity contribution in [2.24, 2.45) is 0 Å². The van der Waals surface area contributed by atoms with E-state index in [0.717, 1.165) is 34.9 Å². The summed E-state index contributed by atoms with van der Waals surface area (Å²) in [5.74, 6) is 2.40. The summed E-state index contributed by atoms with van der Waals surface area (Å²) < 4.78 is 16.9. The highest BCUT2D eigenvalue weighted by molar-refractivity contribution is 7.80. The average Bonchev–Trinajstić information content (AvgIpc) is 3.00. The second-order valence-electron chi connectivity index (χ2n) is 7.33. The van der Waals surface area contributed by atoms with E-state index in [1.807, 2.05) is 18.2 Å². The van der Waals surface area contributed by atoms with Gasteiger partial charge in [-0.1, -0.05) is 12.1 Å². The molecule has 0 amide bonds. The molecular weight excluding hydrogens is 348 g/mol. The summed E-state index contributed by atoms with van der Waals surface area (Å²) in [5, 5.41) is 7.23. The molecule has 0 bridgehead atoms. The van der Waals surface area contributed by atoms with Gasteiger partial charge in [0.15, 0.2) is 16.6 Å². The zero-order valence-corrected chi connectivity index (χ0v) is 15.9. The number of hydrogen-bond donors (Lipinski definition) is 2. The molecule has 5 nitrogen and oxygen atoms in total. The van der Waals surface area contributed by atoms with E-state index < -0.39 is 0 Å². The molecule has 6 heteroatoms. The molecule has 2 aromatic carbocycles. The summed E-state index contributed by atoms with van der Waals surface area (Å²) in [5.41, 5.74) is 2.92. The third-order valence-corrected chi connectivity index (χ3v) is 4.78. The standard InChI is InChI=1S/C20H22N2O3S/c1-12-4-6-14-15(10-20(2,3)25-17(14)8-12)22-19(26)21-13-5-7-16-18(9-13)24-11-23-16/h4-9,15H,10-11H2,1-3H3,(H2,21,22,26)/t15-/m1/s1. The van der Waals surface area contributed by atoms with Crippen LogP contribution in [0.15, 0.2) is 36.4 Å². The molecule has 2 aliphatic rings. The number of thiocarbonyl (C=S) groups is 1. The van der Waals surface area contributed by atoms with Crippen molar-refractivity contribution < 1.29 is 14.2 Å². The molecule has 0 saturated heterocycles. The Morgan fingerprint density at radius 1 is 1.08 bits per heavy atom. The molecule has 0 spiro atoms. The zero-order chi connectivity index (χ0) is 18.3. The molecule has 26 heavy (non-hydrogen) atoms. The van der Waals surface area contributed by atoms with Crippen molar-refractivity contribution in [2.45, 2.75) is 38.8 Å². The minimum atomic E-state index is -0.257. The fourth-order valence-corrected chi connectivity index (χ4v) is 3.65. The van der Waals surface area contributed by atoms with Gasteiger partial charge in [-0.25, -0.2) is 0 Å². The number of anilines is 1. The topological polar surface area (TPSA) is 51.8 Å². The Bertz CT molecular complexity index is 866. The summed E-state index contributed by atoms with van der Waals surface area (Å²) in [7, 11) is 0. The molecule has 0 saturated carbocycles. The number of aryl methyl sites for hydroxylation is 1. The largest absolute Gasteiger partial charge is 0.487 e. The van der Waals surface area contributed by atoms with Crippen LogP contribution in [0.1, 0.15) is 37.4 Å². The SMILES string of the molecule is Cc1ccc2c(c1)OC(C)(C)C[C@H]2NC(=S)Nc1ccc2c(c1)OCO2. The molecule has 0 aliphatic carbocycles. The van der Waals surface area contributed by atoms with Gasteiger partial charge in [-0.2, -0.15) is 0 Å². The van der Waals surface area contributed by atoms with Crippen LogP contribution in [-0.4, -0.2) is 17.5 Å². The van der Waals surface area contributed by atoms with Gasteiger partial charge in [0.2, 0.25) is 6.79 Å². The zero-order valence-electron chi connectivity index (χ0n) is 15.1. The van der Waals surface area contributed by atoms with Crippen molar-refractivity contribution in [1.82, 2.24) is 5.32 Å². The molecule has 2 N–H and O–H groups in total. The van der Waals surface area contributed by atoms with E-state index in [9.17, 15) is 0 Å². The lowest BCUT2D eigenvalue weighted by Gasteiger charge is -2.38. The fraction of sp³-hybridized carbons (Fsp3) is 0.350. The third-order valence-electron chi connectivity index (χ3n) is 4.56. The number of hydrogen-bond acceptors (Lipinski definition) is 4. The normalized spacial score (nSPS) is 19.3. The van der Waals surface area contributed by atoms with Gasteiger partial charge in [-0.15, -0.1) is 0 Å². The number of fused-ring (bicyclic) bond motifs is 2. The fourth-order valence-electron chi connectivity index (χ4n) is 3.39. The van der Waals surface area contributed by atoms with Gasteiger partial charge < -0.3 is 24.8 Å². The van der Waals surface area contributed by atoms with Crippen LogP contribution in [0.3, 0.4) is 0 Å². The third kappa shape index (κ3) is 3.42. The van der Waals surface area contributed by atoms with Crippen LogP contribution >= 0.6 is 12.2 Å². The number of benzene rings is 2. The monoisotopic (exact) mass is 370 g/mol. The van der Waals surface area contributed by atoms with Crippen LogP contribution in [0.2, 0.25) is 0 Å². The van der Waals surface area contributed by atoms with Gasteiger partial charge in [0.1, 0.15) is 11.4 Å². The Morgan fingerprint density at radius 2 is 1.88 bits per heavy atom. The maximum atomic E-state index is 6.15. The van der Waals surface area contributed by atoms with Gasteiger partial charge in [0.05, 0.1) is 6.04 Å². The van der Waals surface area contributed by atoms with Gasteiger partial charge in [0, 0.05) is 23.7 Å². The van der Waals surface area contributed by atoms with Crippen LogP contribution in [-0.2, 0) is 0 Å². The Labute approximate surface area is 158 Å². The predicted molar refractivity (Wildman–Crippen MR) is 105 cm³/mol. The van der Waals surface area contributed by atoms with Crippen molar-refractivity contribution >= 4 is 23.0 Å². The summed E-state index contributed by atoms with van der Waals surface area (Å²) in [4.78, 5) is 0. The van der Waals surface area contributed by atoms with Crippen LogP contribution in [0, 0.1) is 6.92 Å². The van der Waals surface area contributed by atoms with E-state index in [1.165, 1.54) is 5.56 Å². The highest BCUT2D eigenvalue weighted by Crippen LogP contribution is 2.40. The predicted octanol–water partition coefficient (Wildman–Crippen LogP) is 4.31. The first-order valence-corrected chi connectivity index (χ1v) is 9.07. The average molecular weight is 370 g/mol. The minimum Gasteiger partial charge on any atom is -0.487 e. The molecule has 0 radical (unpaired) electrons. The smallest absolute Gasteiger partial charge is 0.231 e. The summed E-state index contributed by atoms with van der Waals surface area (Å²) in [6.07, 6.45) is 0.825. The summed E-state index contributed by atoms with van der Waals surface area (Å²) in [6, 6.07) is 12.1. The van der Waals surface area contributed by atoms with Crippen molar-refractivity contribution in [3.63, 3.8) is 0 Å². The summed E-state index contributed by atoms with van der Waals surface area (Å²) >= 11 is 5.54. The maximum Gasteiger partial charge on any atom is 0.231 e. The Balaban J connectivity index is 1.50. The molecule has 2 heterocycles. The molecule has 2 aromatic rings. The van der Waals surface area contributed by atoms with Gasteiger partial charge in [-0.05, 0) is 56.8 Å². The molecule has 0 fully saturated rings. The van der Waals surface area contributed by atoms with E-state index in [0.29, 0.717) is 5.11 Å². The van der Waals surface area contributed by atoms with E-state index >= 15 is 0 Å². The first-order chi connectivity index (χ1) is 12.4. The number of ether oxygens (including phenoxy) is 3. The second-order valence-corrected chi connectivity index (χ2v) is 7.73. The van der Waals surface area contributed by atoms with Gasteiger partial charge >= 0.3 is 0 Å². The number of rotatable bonds is 2. The first kappa shape index (κ1) is 17.0. The second kappa shape index (κ2) is 6.36. The van der Waals surface area contributed by atoms with Crippen molar-refractivity contribution in [3.8, 4) is 17.2 Å². The first-order valence-electron chi connectivity index (χ1n) is 8.66. The molecule has 0 aromatic heterocycles. The number of nitrogens with one attached hydrogen (secondary N) is 2. The molecule has 136 valence electrons. The quantitative estimate of drug-likeness (QED) is 0.768. The highest BCUT2D eigenvalue weighted by Gasteiger charge is 2.34. The van der Waals surface area contributed by atoms with Crippen LogP contribution in [0.5, 0.6) is 17.2 Å². The highest BCUT2D eigenvalue weighted by atomic mass is 32.1. The lowest BCUT2D eigenvalue weighted by molar-refractivity contribution is 0.0696. The molecule has 4 rings (SSSR count). The lowest BCUT2D eigenvalue weighted by Crippen LogP contribution is -2.42. The van der Waals surface area contributed by atoms with Gasteiger partial charge in [0.25, 0.3) is 0 Å². The minimum absolute atomic E-state index is 0.0864. The molecule has 2 aliphatic heterocycles. The van der Waals surface area contributed by atoms with Crippen molar-refractivity contribution in [2.75, 3.05) is 12.1 Å². The Hall–Kier alpha value is -2.47. The van der Waals surface area contributed by atoms with Crippen LogP contribution < -0.4 is 24.8 Å². The lowest BCUT2D eigenvalue weighted by atomic mass is 9.89. The molecule has 0 unspecified atom stereocenters. The summed E-state index contributed by atoms with van der Waals surface area (Å²) in [6.45, 7) is 6.52. The Morgan fingerprint density at radius 3 is 2.73 bits per heavy atom. The van der Waals surface area contributed by atoms with Crippen molar-refractivity contribution in [1.29, 1.82) is 0 Å². The van der Waals surface area contributed by atoms with Gasteiger partial charge in [-0.3, -0.25) is 0 Å². The molecule has 1 atom stereocenters.